The second kappa shape index (κ2) is 4.77. The molecular formula is C20H17NO4. The molecular weight excluding hydrogens is 318 g/mol. The molecule has 5 heteroatoms. The zero-order valence-electron chi connectivity index (χ0n) is 13.7. The van der Waals surface area contributed by atoms with Crippen LogP contribution in [0.5, 0.6) is 0 Å². The summed E-state index contributed by atoms with van der Waals surface area (Å²) in [5.41, 5.74) is 2.89. The molecule has 5 nitrogen and oxygen atoms in total. The van der Waals surface area contributed by atoms with Gasteiger partial charge in [0.25, 0.3) is 0 Å². The lowest BCUT2D eigenvalue weighted by Crippen LogP contribution is -2.49. The number of ketones is 2. The van der Waals surface area contributed by atoms with Crippen molar-refractivity contribution in [1.29, 1.82) is 0 Å². The Morgan fingerprint density at radius 2 is 1.76 bits per heavy atom. The summed E-state index contributed by atoms with van der Waals surface area (Å²) < 4.78 is 5.69. The lowest BCUT2D eigenvalue weighted by atomic mass is 9.76. The van der Waals surface area contributed by atoms with E-state index in [-0.39, 0.29) is 23.2 Å². The molecule has 5 rings (SSSR count). The van der Waals surface area contributed by atoms with Gasteiger partial charge in [-0.15, -0.1) is 0 Å². The molecule has 2 aromatic carbocycles. The number of nitrogens with one attached hydrogen (secondary N) is 1. The maximum atomic E-state index is 13.1. The van der Waals surface area contributed by atoms with Crippen molar-refractivity contribution in [2.24, 2.45) is 0 Å². The van der Waals surface area contributed by atoms with E-state index in [1.807, 2.05) is 13.0 Å². The zero-order valence-corrected chi connectivity index (χ0v) is 13.7. The van der Waals surface area contributed by atoms with E-state index in [4.69, 9.17) is 4.74 Å². The predicted octanol–water partition coefficient (Wildman–Crippen LogP) is 2.82. The lowest BCUT2D eigenvalue weighted by Gasteiger charge is -2.47. The number of aliphatic hydroxyl groups excluding tert-OH is 1. The van der Waals surface area contributed by atoms with Gasteiger partial charge in [0.05, 0.1) is 17.4 Å². The highest BCUT2D eigenvalue weighted by Gasteiger charge is 2.45. The largest absolute Gasteiger partial charge is 0.379 e. The molecule has 2 bridgehead atoms. The van der Waals surface area contributed by atoms with Crippen molar-refractivity contribution in [2.45, 2.75) is 37.7 Å². The first-order valence-corrected chi connectivity index (χ1v) is 8.44. The van der Waals surface area contributed by atoms with Gasteiger partial charge in [-0.3, -0.25) is 9.59 Å². The fourth-order valence-corrected chi connectivity index (χ4v) is 4.36. The topological polar surface area (TPSA) is 75.6 Å². The SMILES string of the molecule is C[C@@]12C[C@@H](O)O[C@@H](C1)c1ccc3c(c1N2)C(=O)c1ccccc1C3=O. The summed E-state index contributed by atoms with van der Waals surface area (Å²) in [7, 11) is 0. The maximum Gasteiger partial charge on any atom is 0.196 e. The van der Waals surface area contributed by atoms with Crippen LogP contribution in [0.1, 0.15) is 63.3 Å². The first-order valence-electron chi connectivity index (χ1n) is 8.44. The van der Waals surface area contributed by atoms with Gasteiger partial charge in [0.2, 0.25) is 0 Å². The number of ether oxygens (including phenoxy) is 1. The van der Waals surface area contributed by atoms with Crippen LogP contribution in [0.3, 0.4) is 0 Å². The molecule has 2 aromatic rings. The van der Waals surface area contributed by atoms with E-state index in [9.17, 15) is 14.7 Å². The highest BCUT2D eigenvalue weighted by atomic mass is 16.6. The third-order valence-corrected chi connectivity index (χ3v) is 5.48. The molecule has 0 unspecified atom stereocenters. The van der Waals surface area contributed by atoms with Crippen molar-refractivity contribution >= 4 is 17.3 Å². The number of fused-ring (bicyclic) bond motifs is 7. The van der Waals surface area contributed by atoms with Crippen LogP contribution in [-0.4, -0.2) is 28.5 Å². The number of rotatable bonds is 0. The molecule has 0 radical (unpaired) electrons. The quantitative estimate of drug-likeness (QED) is 0.661. The molecule has 0 saturated carbocycles. The summed E-state index contributed by atoms with van der Waals surface area (Å²) in [5.74, 6) is -0.268. The minimum absolute atomic E-state index is 0.128. The van der Waals surface area contributed by atoms with Crippen LogP contribution in [-0.2, 0) is 4.74 Å². The summed E-state index contributed by atoms with van der Waals surface area (Å²) in [5, 5.41) is 13.4. The Hall–Kier alpha value is -2.50. The summed E-state index contributed by atoms with van der Waals surface area (Å²) in [4.78, 5) is 26.0. The van der Waals surface area contributed by atoms with Crippen LogP contribution in [0.25, 0.3) is 0 Å². The molecule has 0 amide bonds. The van der Waals surface area contributed by atoms with Gasteiger partial charge < -0.3 is 15.2 Å². The molecule has 3 aliphatic rings. The molecule has 2 aliphatic heterocycles. The van der Waals surface area contributed by atoms with Crippen molar-refractivity contribution < 1.29 is 19.4 Å². The average molecular weight is 335 g/mol. The van der Waals surface area contributed by atoms with E-state index in [1.165, 1.54) is 0 Å². The van der Waals surface area contributed by atoms with Gasteiger partial charge in [-0.05, 0) is 13.0 Å². The van der Waals surface area contributed by atoms with Crippen LogP contribution >= 0.6 is 0 Å². The van der Waals surface area contributed by atoms with Crippen LogP contribution < -0.4 is 5.32 Å². The van der Waals surface area contributed by atoms with Gasteiger partial charge in [-0.25, -0.2) is 0 Å². The molecule has 1 aliphatic carbocycles. The van der Waals surface area contributed by atoms with E-state index in [2.05, 4.69) is 5.32 Å². The third kappa shape index (κ3) is 1.97. The molecule has 0 spiro atoms. The fourth-order valence-electron chi connectivity index (χ4n) is 4.36. The van der Waals surface area contributed by atoms with Gasteiger partial charge in [0.1, 0.15) is 0 Å². The normalized spacial score (nSPS) is 29.4. The van der Waals surface area contributed by atoms with Crippen LogP contribution in [0.15, 0.2) is 36.4 Å². The molecule has 1 saturated heterocycles. The van der Waals surface area contributed by atoms with E-state index in [0.717, 1.165) is 5.56 Å². The average Bonchev–Trinajstić information content (AvgIpc) is 2.57. The first kappa shape index (κ1) is 14.8. The zero-order chi connectivity index (χ0) is 17.3. The first-order chi connectivity index (χ1) is 12.0. The Bertz CT molecular complexity index is 951. The predicted molar refractivity (Wildman–Crippen MR) is 90.8 cm³/mol. The van der Waals surface area contributed by atoms with Crippen molar-refractivity contribution in [3.05, 3.63) is 64.2 Å². The number of hydrogen-bond donors (Lipinski definition) is 2. The lowest BCUT2D eigenvalue weighted by molar-refractivity contribution is -0.181. The Labute approximate surface area is 144 Å². The molecule has 0 aromatic heterocycles. The monoisotopic (exact) mass is 335 g/mol. The number of aliphatic hydroxyl groups is 1. The van der Waals surface area contributed by atoms with E-state index < -0.39 is 6.29 Å². The van der Waals surface area contributed by atoms with Crippen LogP contribution in [0, 0.1) is 0 Å². The van der Waals surface area contributed by atoms with Gasteiger partial charge in [-0.1, -0.05) is 30.3 Å². The Kier molecular flexibility index (Phi) is 2.83. The third-order valence-electron chi connectivity index (χ3n) is 5.48. The molecule has 1 fully saturated rings. The summed E-state index contributed by atoms with van der Waals surface area (Å²) in [6.45, 7) is 2.01. The molecule has 25 heavy (non-hydrogen) atoms. The van der Waals surface area contributed by atoms with E-state index in [1.54, 1.807) is 30.3 Å². The standard InChI is InChI=1S/C20H17NO4/c1-20-8-14(25-15(22)9-20)12-6-7-13-16(17(12)21-20)19(24)11-5-3-2-4-10(11)18(13)23/h2-7,14-15,21-22H,8-9H2,1H3/t14-,15-,20-/m0/s1. The van der Waals surface area contributed by atoms with Gasteiger partial charge in [0, 0.05) is 40.6 Å². The van der Waals surface area contributed by atoms with Crippen LogP contribution in [0.4, 0.5) is 5.69 Å². The molecule has 126 valence electrons. The van der Waals surface area contributed by atoms with E-state index >= 15 is 0 Å². The maximum absolute atomic E-state index is 13.1. The summed E-state index contributed by atoms with van der Waals surface area (Å²) in [6.07, 6.45) is 0.0359. The molecule has 3 atom stereocenters. The highest BCUT2D eigenvalue weighted by molar-refractivity contribution is 6.30. The van der Waals surface area contributed by atoms with Gasteiger partial charge >= 0.3 is 0 Å². The van der Waals surface area contributed by atoms with Crippen molar-refractivity contribution in [2.75, 3.05) is 5.32 Å². The van der Waals surface area contributed by atoms with E-state index in [0.29, 0.717) is 40.8 Å². The summed E-state index contributed by atoms with van der Waals surface area (Å²) in [6, 6.07) is 10.5. The number of hydrogen-bond acceptors (Lipinski definition) is 5. The second-order valence-electron chi connectivity index (χ2n) is 7.33. The van der Waals surface area contributed by atoms with Gasteiger partial charge in [0.15, 0.2) is 17.9 Å². The number of carbonyl (C=O) groups excluding carboxylic acids is 2. The minimum atomic E-state index is -0.835. The highest BCUT2D eigenvalue weighted by Crippen LogP contribution is 2.48. The number of benzene rings is 2. The Morgan fingerprint density at radius 1 is 1.04 bits per heavy atom. The molecule has 2 heterocycles. The number of carbonyl (C=O) groups is 2. The van der Waals surface area contributed by atoms with Crippen molar-refractivity contribution in [3.8, 4) is 0 Å². The minimum Gasteiger partial charge on any atom is -0.379 e. The molecule has 2 N–H and O–H groups in total. The Balaban J connectivity index is 1.75. The fraction of sp³-hybridized carbons (Fsp3) is 0.300. The van der Waals surface area contributed by atoms with Crippen molar-refractivity contribution in [3.63, 3.8) is 0 Å². The second-order valence-corrected chi connectivity index (χ2v) is 7.33. The number of anilines is 1. The van der Waals surface area contributed by atoms with Gasteiger partial charge in [-0.2, -0.15) is 0 Å². The van der Waals surface area contributed by atoms with Crippen molar-refractivity contribution in [1.82, 2.24) is 0 Å². The van der Waals surface area contributed by atoms with Crippen LogP contribution in [0.2, 0.25) is 0 Å². The smallest absolute Gasteiger partial charge is 0.196 e. The Morgan fingerprint density at radius 3 is 2.52 bits per heavy atom. The summed E-state index contributed by atoms with van der Waals surface area (Å²) >= 11 is 0.